The molecular formula is C23H18ClN3O2. The van der Waals surface area contributed by atoms with Crippen molar-refractivity contribution in [1.82, 2.24) is 10.4 Å². The van der Waals surface area contributed by atoms with E-state index in [0.717, 1.165) is 27.2 Å². The molecule has 4 aromatic rings. The van der Waals surface area contributed by atoms with E-state index in [4.69, 9.17) is 16.3 Å². The van der Waals surface area contributed by atoms with Gasteiger partial charge in [0.25, 0.3) is 5.91 Å². The van der Waals surface area contributed by atoms with E-state index in [1.807, 2.05) is 73.7 Å². The Morgan fingerprint density at radius 3 is 2.83 bits per heavy atom. The Labute approximate surface area is 173 Å². The molecule has 1 aromatic heterocycles. The number of fused-ring (bicyclic) bond motifs is 2. The number of aryl methyl sites for hydroxylation is 1. The quantitative estimate of drug-likeness (QED) is 0.293. The number of nitrogens with one attached hydrogen (secondary N) is 1. The number of hydrogen-bond donors (Lipinski definition) is 1. The lowest BCUT2D eigenvalue weighted by molar-refractivity contribution is -0.123. The van der Waals surface area contributed by atoms with Crippen LogP contribution in [-0.2, 0) is 4.79 Å². The lowest BCUT2D eigenvalue weighted by Gasteiger charge is -2.08. The number of hydrogen-bond acceptors (Lipinski definition) is 4. The molecule has 6 heteroatoms. The molecule has 0 fully saturated rings. The number of rotatable bonds is 5. The summed E-state index contributed by atoms with van der Waals surface area (Å²) in [4.78, 5) is 16.5. The molecule has 0 saturated carbocycles. The number of ether oxygens (including phenoxy) is 1. The summed E-state index contributed by atoms with van der Waals surface area (Å²) in [6, 6.07) is 21.4. The van der Waals surface area contributed by atoms with Crippen molar-refractivity contribution >= 4 is 45.4 Å². The second-order valence-electron chi connectivity index (χ2n) is 6.62. The van der Waals surface area contributed by atoms with E-state index in [9.17, 15) is 4.79 Å². The van der Waals surface area contributed by atoms with Gasteiger partial charge in [0.2, 0.25) is 0 Å². The fourth-order valence-corrected chi connectivity index (χ4v) is 3.23. The monoisotopic (exact) mass is 403 g/mol. The number of amides is 1. The van der Waals surface area contributed by atoms with Gasteiger partial charge in [0, 0.05) is 16.3 Å². The molecule has 1 amide bonds. The van der Waals surface area contributed by atoms with Crippen molar-refractivity contribution in [3.8, 4) is 5.75 Å². The predicted octanol–water partition coefficient (Wildman–Crippen LogP) is 4.88. The fourth-order valence-electron chi connectivity index (χ4n) is 3.03. The number of carbonyl (C=O) groups excluding carboxylic acids is 1. The molecule has 0 aliphatic carbocycles. The summed E-state index contributed by atoms with van der Waals surface area (Å²) < 4.78 is 5.65. The first-order valence-corrected chi connectivity index (χ1v) is 9.47. The highest BCUT2D eigenvalue weighted by Crippen LogP contribution is 2.25. The minimum atomic E-state index is -0.366. The minimum absolute atomic E-state index is 0.145. The van der Waals surface area contributed by atoms with Gasteiger partial charge in [-0.25, -0.2) is 10.4 Å². The second-order valence-corrected chi connectivity index (χ2v) is 6.98. The number of hydrazone groups is 1. The first-order valence-electron chi connectivity index (χ1n) is 9.09. The van der Waals surface area contributed by atoms with E-state index in [0.29, 0.717) is 16.5 Å². The summed E-state index contributed by atoms with van der Waals surface area (Å²) in [7, 11) is 0. The van der Waals surface area contributed by atoms with Crippen LogP contribution in [-0.4, -0.2) is 23.7 Å². The molecule has 29 heavy (non-hydrogen) atoms. The lowest BCUT2D eigenvalue weighted by atomic mass is 10.1. The van der Waals surface area contributed by atoms with Crippen LogP contribution in [0.1, 0.15) is 11.1 Å². The molecule has 0 radical (unpaired) electrons. The maximum atomic E-state index is 12.1. The summed E-state index contributed by atoms with van der Waals surface area (Å²) in [5.74, 6) is 0.286. The van der Waals surface area contributed by atoms with Gasteiger partial charge < -0.3 is 4.74 Å². The van der Waals surface area contributed by atoms with Crippen LogP contribution in [0.4, 0.5) is 0 Å². The minimum Gasteiger partial charge on any atom is -0.483 e. The Kier molecular flexibility index (Phi) is 5.40. The van der Waals surface area contributed by atoms with Crippen molar-refractivity contribution in [2.45, 2.75) is 6.92 Å². The van der Waals surface area contributed by atoms with Gasteiger partial charge in [-0.2, -0.15) is 5.10 Å². The summed E-state index contributed by atoms with van der Waals surface area (Å²) in [5, 5.41) is 7.26. The molecule has 0 saturated heterocycles. The summed E-state index contributed by atoms with van der Waals surface area (Å²) in [6.07, 6.45) is 1.48. The van der Waals surface area contributed by atoms with Gasteiger partial charge in [0.15, 0.2) is 6.61 Å². The highest BCUT2D eigenvalue weighted by atomic mass is 35.5. The molecular weight excluding hydrogens is 386 g/mol. The van der Waals surface area contributed by atoms with Gasteiger partial charge in [-0.05, 0) is 36.1 Å². The van der Waals surface area contributed by atoms with Crippen LogP contribution in [0.3, 0.4) is 0 Å². The van der Waals surface area contributed by atoms with E-state index < -0.39 is 0 Å². The van der Waals surface area contributed by atoms with Crippen molar-refractivity contribution in [2.75, 3.05) is 6.61 Å². The zero-order chi connectivity index (χ0) is 20.2. The Bertz CT molecular complexity index is 1230. The number of aromatic nitrogens is 1. The highest BCUT2D eigenvalue weighted by Gasteiger charge is 2.06. The predicted molar refractivity (Wildman–Crippen MR) is 117 cm³/mol. The van der Waals surface area contributed by atoms with Crippen molar-refractivity contribution in [3.05, 3.63) is 83.0 Å². The summed E-state index contributed by atoms with van der Waals surface area (Å²) in [5.41, 5.74) is 5.01. The molecule has 0 unspecified atom stereocenters. The molecule has 3 aromatic carbocycles. The van der Waals surface area contributed by atoms with Crippen LogP contribution in [0.15, 0.2) is 71.8 Å². The smallest absolute Gasteiger partial charge is 0.277 e. The molecule has 0 spiro atoms. The number of nitrogens with zero attached hydrogens (tertiary/aromatic N) is 2. The SMILES string of the molecule is Cc1ccc2cc(/C=N/NC(=O)COc3cccc4ccccc34)c(Cl)nc2c1. The molecule has 144 valence electrons. The van der Waals surface area contributed by atoms with Gasteiger partial charge in [-0.1, -0.05) is 60.1 Å². The van der Waals surface area contributed by atoms with E-state index >= 15 is 0 Å². The Morgan fingerprint density at radius 1 is 1.10 bits per heavy atom. The zero-order valence-corrected chi connectivity index (χ0v) is 16.5. The Hall–Kier alpha value is -3.44. The standard InChI is InChI=1S/C23H18ClN3O2/c1-15-9-10-17-12-18(23(24)26-20(17)11-15)13-25-27-22(28)14-29-21-8-4-6-16-5-2-3-7-19(16)21/h2-13H,14H2,1H3,(H,27,28)/b25-13+. The van der Waals surface area contributed by atoms with Gasteiger partial charge >= 0.3 is 0 Å². The Balaban J connectivity index is 1.40. The van der Waals surface area contributed by atoms with Crippen LogP contribution in [0.5, 0.6) is 5.75 Å². The van der Waals surface area contributed by atoms with Crippen molar-refractivity contribution in [1.29, 1.82) is 0 Å². The zero-order valence-electron chi connectivity index (χ0n) is 15.7. The third kappa shape index (κ3) is 4.36. The van der Waals surface area contributed by atoms with Crippen molar-refractivity contribution < 1.29 is 9.53 Å². The number of pyridine rings is 1. The number of halogens is 1. The molecule has 4 rings (SSSR count). The fraction of sp³-hybridized carbons (Fsp3) is 0.0870. The Morgan fingerprint density at radius 2 is 1.93 bits per heavy atom. The maximum Gasteiger partial charge on any atom is 0.277 e. The molecule has 0 aliphatic rings. The van der Waals surface area contributed by atoms with E-state index in [1.54, 1.807) is 0 Å². The van der Waals surface area contributed by atoms with Crippen molar-refractivity contribution in [2.24, 2.45) is 5.10 Å². The molecule has 0 bridgehead atoms. The van der Waals surface area contributed by atoms with Crippen LogP contribution in [0.2, 0.25) is 5.15 Å². The third-order valence-electron chi connectivity index (χ3n) is 4.46. The van der Waals surface area contributed by atoms with Gasteiger partial charge in [0.05, 0.1) is 11.7 Å². The second kappa shape index (κ2) is 8.29. The van der Waals surface area contributed by atoms with Crippen LogP contribution in [0.25, 0.3) is 21.7 Å². The largest absolute Gasteiger partial charge is 0.483 e. The summed E-state index contributed by atoms with van der Waals surface area (Å²) >= 11 is 6.23. The van der Waals surface area contributed by atoms with Gasteiger partial charge in [-0.3, -0.25) is 4.79 Å². The van der Waals surface area contributed by atoms with Gasteiger partial charge in [-0.15, -0.1) is 0 Å². The van der Waals surface area contributed by atoms with Crippen LogP contribution in [0, 0.1) is 6.92 Å². The molecule has 0 atom stereocenters. The first kappa shape index (κ1) is 18.9. The molecule has 1 heterocycles. The van der Waals surface area contributed by atoms with Crippen molar-refractivity contribution in [3.63, 3.8) is 0 Å². The van der Waals surface area contributed by atoms with Gasteiger partial charge in [0.1, 0.15) is 10.9 Å². The first-order chi connectivity index (χ1) is 14.1. The average molecular weight is 404 g/mol. The van der Waals surface area contributed by atoms with Crippen LogP contribution < -0.4 is 10.2 Å². The molecule has 0 aliphatic heterocycles. The molecule has 5 nitrogen and oxygen atoms in total. The topological polar surface area (TPSA) is 63.6 Å². The number of carbonyl (C=O) groups is 1. The van der Waals surface area contributed by atoms with E-state index in [2.05, 4.69) is 15.5 Å². The van der Waals surface area contributed by atoms with E-state index in [-0.39, 0.29) is 12.5 Å². The maximum absolute atomic E-state index is 12.1. The lowest BCUT2D eigenvalue weighted by Crippen LogP contribution is -2.24. The molecule has 1 N–H and O–H groups in total. The highest BCUT2D eigenvalue weighted by molar-refractivity contribution is 6.32. The summed E-state index contributed by atoms with van der Waals surface area (Å²) in [6.45, 7) is 1.86. The number of benzene rings is 3. The average Bonchev–Trinajstić information content (AvgIpc) is 2.72. The van der Waals surface area contributed by atoms with E-state index in [1.165, 1.54) is 6.21 Å². The third-order valence-corrected chi connectivity index (χ3v) is 4.76. The van der Waals surface area contributed by atoms with Crippen LogP contribution >= 0.6 is 11.6 Å². The normalized spacial score (nSPS) is 11.2.